The molecule has 0 bridgehead atoms. The zero-order valence-electron chi connectivity index (χ0n) is 14.0. The second-order valence-electron chi connectivity index (χ2n) is 5.90. The maximum absolute atomic E-state index is 13.0. The van der Waals surface area contributed by atoms with Gasteiger partial charge in [0.2, 0.25) is 5.89 Å². The number of nitrogens with zero attached hydrogens (tertiary/aromatic N) is 2. The molecule has 29 heavy (non-hydrogen) atoms. The lowest BCUT2D eigenvalue weighted by Crippen LogP contribution is -2.16. The molecule has 0 saturated heterocycles. The minimum absolute atomic E-state index is 0.0530. The molecule has 1 heterocycles. The Morgan fingerprint density at radius 3 is 2.14 bits per heavy atom. The minimum atomic E-state index is -5.06. The Kier molecular flexibility index (Phi) is 5.11. The molecule has 3 rings (SSSR count). The molecule has 5 nitrogen and oxygen atoms in total. The number of aromatic nitrogens is 2. The van der Waals surface area contributed by atoms with Crippen molar-refractivity contribution < 1.29 is 35.9 Å². The first-order valence-corrected chi connectivity index (χ1v) is 8.07. The molecular weight excluding hydrogens is 430 g/mol. The van der Waals surface area contributed by atoms with Gasteiger partial charge in [-0.15, -0.1) is 5.10 Å². The normalized spacial score (nSPS) is 12.4. The molecule has 0 fully saturated rings. The number of hydrogen-bond acceptors (Lipinski definition) is 4. The molecule has 0 saturated carbocycles. The topological polar surface area (TPSA) is 68.3 Å². The van der Waals surface area contributed by atoms with Gasteiger partial charge in [-0.1, -0.05) is 11.6 Å². The van der Waals surface area contributed by atoms with Crippen LogP contribution in [-0.2, 0) is 18.9 Å². The molecule has 0 atom stereocenters. The highest BCUT2D eigenvalue weighted by molar-refractivity contribution is 6.30. The van der Waals surface area contributed by atoms with Gasteiger partial charge in [0, 0.05) is 16.1 Å². The van der Waals surface area contributed by atoms with Gasteiger partial charge in [-0.05, 0) is 36.4 Å². The summed E-state index contributed by atoms with van der Waals surface area (Å²) in [5.41, 5.74) is -3.70. The number of rotatable bonds is 3. The standard InChI is InChI=1S/C17H9ClF6N2O3/c18-12-1-2-13(27)9(5-12)7-26-15(28)29-14(25-26)8-3-10(16(19,20)21)6-11(4-8)17(22,23)24/h1-6,27H,7H2. The predicted octanol–water partition coefficient (Wildman–Crippen LogP) is 4.95. The summed E-state index contributed by atoms with van der Waals surface area (Å²) in [6.45, 7) is -0.375. The third kappa shape index (κ3) is 4.56. The van der Waals surface area contributed by atoms with Crippen molar-refractivity contribution in [3.8, 4) is 17.2 Å². The second-order valence-corrected chi connectivity index (χ2v) is 6.33. The zero-order chi connectivity index (χ0) is 21.6. The van der Waals surface area contributed by atoms with E-state index < -0.39 is 40.7 Å². The molecule has 0 unspecified atom stereocenters. The van der Waals surface area contributed by atoms with E-state index in [0.29, 0.717) is 16.8 Å². The van der Waals surface area contributed by atoms with Gasteiger partial charge in [0.05, 0.1) is 17.7 Å². The van der Waals surface area contributed by atoms with E-state index in [1.54, 1.807) is 0 Å². The summed E-state index contributed by atoms with van der Waals surface area (Å²) in [6, 6.07) is 4.65. The molecule has 154 valence electrons. The lowest BCUT2D eigenvalue weighted by Gasteiger charge is -2.12. The number of hydrogen-bond donors (Lipinski definition) is 1. The first kappa shape index (κ1) is 20.8. The van der Waals surface area contributed by atoms with Gasteiger partial charge in [0.15, 0.2) is 0 Å². The average molecular weight is 439 g/mol. The van der Waals surface area contributed by atoms with Crippen molar-refractivity contribution in [2.75, 3.05) is 0 Å². The first-order valence-electron chi connectivity index (χ1n) is 7.70. The van der Waals surface area contributed by atoms with E-state index in [1.807, 2.05) is 0 Å². The van der Waals surface area contributed by atoms with Crippen molar-refractivity contribution in [2.24, 2.45) is 0 Å². The fourth-order valence-corrected chi connectivity index (χ4v) is 2.64. The number of phenolic OH excluding ortho intramolecular Hbond substituents is 1. The Balaban J connectivity index is 2.07. The van der Waals surface area contributed by atoms with Crippen LogP contribution in [0.2, 0.25) is 5.02 Å². The highest BCUT2D eigenvalue weighted by Crippen LogP contribution is 2.38. The molecule has 0 amide bonds. The van der Waals surface area contributed by atoms with Gasteiger partial charge in [-0.25, -0.2) is 4.79 Å². The van der Waals surface area contributed by atoms with E-state index in [0.717, 1.165) is 0 Å². The van der Waals surface area contributed by atoms with E-state index in [2.05, 4.69) is 5.10 Å². The van der Waals surface area contributed by atoms with Crippen molar-refractivity contribution in [2.45, 2.75) is 18.9 Å². The van der Waals surface area contributed by atoms with E-state index in [-0.39, 0.29) is 28.9 Å². The maximum Gasteiger partial charge on any atom is 0.437 e. The molecule has 0 aliphatic carbocycles. The van der Waals surface area contributed by atoms with Crippen molar-refractivity contribution in [1.82, 2.24) is 9.78 Å². The average Bonchev–Trinajstić information content (AvgIpc) is 2.97. The fraction of sp³-hybridized carbons (Fsp3) is 0.176. The van der Waals surface area contributed by atoms with E-state index >= 15 is 0 Å². The van der Waals surface area contributed by atoms with Crippen molar-refractivity contribution in [3.63, 3.8) is 0 Å². The Morgan fingerprint density at radius 1 is 1.00 bits per heavy atom. The highest BCUT2D eigenvalue weighted by Gasteiger charge is 2.37. The Hall–Kier alpha value is -2.95. The number of phenols is 1. The number of alkyl halides is 6. The van der Waals surface area contributed by atoms with Crippen LogP contribution in [0, 0.1) is 0 Å². The van der Waals surface area contributed by atoms with E-state index in [1.165, 1.54) is 18.2 Å². The third-order valence-electron chi connectivity index (χ3n) is 3.80. The Labute approximate surface area is 162 Å². The minimum Gasteiger partial charge on any atom is -0.508 e. The monoisotopic (exact) mass is 438 g/mol. The number of halogens is 7. The largest absolute Gasteiger partial charge is 0.508 e. The van der Waals surface area contributed by atoms with Crippen LogP contribution in [0.15, 0.2) is 45.6 Å². The van der Waals surface area contributed by atoms with Gasteiger partial charge < -0.3 is 9.52 Å². The Bertz CT molecular complexity index is 1090. The summed E-state index contributed by atoms with van der Waals surface area (Å²) in [5, 5.41) is 13.6. The van der Waals surface area contributed by atoms with Crippen molar-refractivity contribution in [3.05, 3.63) is 68.7 Å². The molecule has 0 radical (unpaired) electrons. The summed E-state index contributed by atoms with van der Waals surface area (Å²) in [4.78, 5) is 12.0. The van der Waals surface area contributed by atoms with Gasteiger partial charge in [0.1, 0.15) is 5.75 Å². The lowest BCUT2D eigenvalue weighted by atomic mass is 10.0. The van der Waals surface area contributed by atoms with Crippen LogP contribution < -0.4 is 5.76 Å². The quantitative estimate of drug-likeness (QED) is 0.588. The first-order chi connectivity index (χ1) is 13.3. The fourth-order valence-electron chi connectivity index (χ4n) is 2.44. The molecule has 2 aromatic carbocycles. The lowest BCUT2D eigenvalue weighted by molar-refractivity contribution is -0.143. The molecule has 12 heteroatoms. The van der Waals surface area contributed by atoms with Gasteiger partial charge >= 0.3 is 18.1 Å². The van der Waals surface area contributed by atoms with Crippen LogP contribution in [0.3, 0.4) is 0 Å². The van der Waals surface area contributed by atoms with Crippen LogP contribution in [-0.4, -0.2) is 14.9 Å². The van der Waals surface area contributed by atoms with Gasteiger partial charge in [-0.3, -0.25) is 0 Å². The van der Waals surface area contributed by atoms with Crippen molar-refractivity contribution >= 4 is 11.6 Å². The highest BCUT2D eigenvalue weighted by atomic mass is 35.5. The smallest absolute Gasteiger partial charge is 0.437 e. The number of aromatic hydroxyl groups is 1. The summed E-state index contributed by atoms with van der Waals surface area (Å²) in [7, 11) is 0. The summed E-state index contributed by atoms with van der Waals surface area (Å²) < 4.78 is 83.2. The molecule has 3 aromatic rings. The van der Waals surface area contributed by atoms with Crippen LogP contribution in [0.1, 0.15) is 16.7 Å². The predicted molar refractivity (Wildman–Crippen MR) is 88.4 cm³/mol. The molecule has 0 aliphatic rings. The zero-order valence-corrected chi connectivity index (χ0v) is 14.7. The summed E-state index contributed by atoms with van der Waals surface area (Å²) in [6.07, 6.45) is -10.1. The molecule has 1 N–H and O–H groups in total. The van der Waals surface area contributed by atoms with Crippen LogP contribution in [0.4, 0.5) is 26.3 Å². The number of benzene rings is 2. The van der Waals surface area contributed by atoms with Crippen molar-refractivity contribution in [1.29, 1.82) is 0 Å². The molecular formula is C17H9ClF6N2O3. The van der Waals surface area contributed by atoms with Gasteiger partial charge in [-0.2, -0.15) is 31.0 Å². The van der Waals surface area contributed by atoms with E-state index in [9.17, 15) is 36.2 Å². The van der Waals surface area contributed by atoms with Crippen LogP contribution >= 0.6 is 11.6 Å². The molecule has 1 aromatic heterocycles. The van der Waals surface area contributed by atoms with Crippen LogP contribution in [0.5, 0.6) is 5.75 Å². The second kappa shape index (κ2) is 7.14. The maximum atomic E-state index is 13.0. The van der Waals surface area contributed by atoms with E-state index in [4.69, 9.17) is 16.0 Å². The summed E-state index contributed by atoms with van der Waals surface area (Å²) >= 11 is 5.79. The van der Waals surface area contributed by atoms with Crippen LogP contribution in [0.25, 0.3) is 11.5 Å². The van der Waals surface area contributed by atoms with Gasteiger partial charge in [0.25, 0.3) is 0 Å². The summed E-state index contributed by atoms with van der Waals surface area (Å²) in [5.74, 6) is -2.14. The molecule has 0 spiro atoms. The Morgan fingerprint density at radius 2 is 1.59 bits per heavy atom. The molecule has 0 aliphatic heterocycles. The SMILES string of the molecule is O=c1oc(-c2cc(C(F)(F)F)cc(C(F)(F)F)c2)nn1Cc1cc(Cl)ccc1O. The third-order valence-corrected chi connectivity index (χ3v) is 4.04.